The Labute approximate surface area is 177 Å². The molecule has 7 nitrogen and oxygen atoms in total. The average Bonchev–Trinajstić information content (AvgIpc) is 2.72. The van der Waals surface area contributed by atoms with Crippen LogP contribution in [0.15, 0.2) is 47.7 Å². The maximum Gasteiger partial charge on any atom is 0.225 e. The van der Waals surface area contributed by atoms with E-state index in [1.807, 2.05) is 25.2 Å². The van der Waals surface area contributed by atoms with E-state index in [2.05, 4.69) is 42.2 Å². The molecule has 1 aliphatic heterocycles. The van der Waals surface area contributed by atoms with Crippen LogP contribution in [0.25, 0.3) is 0 Å². The van der Waals surface area contributed by atoms with Gasteiger partial charge in [-0.3, -0.25) is 4.99 Å². The molecular formula is C19H27IN6O. The predicted molar refractivity (Wildman–Crippen MR) is 119 cm³/mol. The number of hydrogen-bond acceptors (Lipinski definition) is 5. The van der Waals surface area contributed by atoms with E-state index in [0.29, 0.717) is 0 Å². The van der Waals surface area contributed by atoms with Crippen LogP contribution in [0.3, 0.4) is 0 Å². The van der Waals surface area contributed by atoms with Crippen LogP contribution in [-0.4, -0.2) is 67.7 Å². The molecule has 1 fully saturated rings. The third-order valence-electron chi connectivity index (χ3n) is 4.46. The van der Waals surface area contributed by atoms with Crippen molar-refractivity contribution in [2.45, 2.75) is 6.42 Å². The van der Waals surface area contributed by atoms with Gasteiger partial charge in [0, 0.05) is 52.2 Å². The number of aliphatic imine (C=N–C) groups is 1. The average molecular weight is 482 g/mol. The van der Waals surface area contributed by atoms with Crippen LogP contribution in [0, 0.1) is 0 Å². The smallest absolute Gasteiger partial charge is 0.225 e. The highest BCUT2D eigenvalue weighted by Gasteiger charge is 2.20. The Morgan fingerprint density at radius 2 is 1.89 bits per heavy atom. The van der Waals surface area contributed by atoms with E-state index < -0.39 is 0 Å². The van der Waals surface area contributed by atoms with Gasteiger partial charge in [0.25, 0.3) is 0 Å². The normalized spacial score (nSPS) is 14.5. The molecular weight excluding hydrogens is 455 g/mol. The number of anilines is 1. The first-order valence-electron chi connectivity index (χ1n) is 8.90. The van der Waals surface area contributed by atoms with Crippen molar-refractivity contribution < 1.29 is 4.74 Å². The third kappa shape index (κ3) is 5.95. The van der Waals surface area contributed by atoms with Crippen LogP contribution in [-0.2, 0) is 6.42 Å². The SMILES string of the molecule is CN=C(NCCc1cccc(OC)c1)N1CCN(c2ncccn2)CC1.I. The van der Waals surface area contributed by atoms with Crippen molar-refractivity contribution in [3.63, 3.8) is 0 Å². The predicted octanol–water partition coefficient (Wildman–Crippen LogP) is 2.04. The van der Waals surface area contributed by atoms with Crippen LogP contribution >= 0.6 is 24.0 Å². The molecule has 0 unspecified atom stereocenters. The van der Waals surface area contributed by atoms with E-state index in [1.165, 1.54) is 5.56 Å². The summed E-state index contributed by atoms with van der Waals surface area (Å²) in [7, 11) is 3.53. The number of nitrogens with one attached hydrogen (secondary N) is 1. The maximum absolute atomic E-state index is 5.28. The van der Waals surface area contributed by atoms with Gasteiger partial charge >= 0.3 is 0 Å². The highest BCUT2D eigenvalue weighted by molar-refractivity contribution is 14.0. The van der Waals surface area contributed by atoms with Gasteiger partial charge in [-0.05, 0) is 30.2 Å². The quantitative estimate of drug-likeness (QED) is 0.400. The number of aromatic nitrogens is 2. The molecule has 3 rings (SSSR count). The van der Waals surface area contributed by atoms with Crippen LogP contribution in [0.5, 0.6) is 5.75 Å². The highest BCUT2D eigenvalue weighted by Crippen LogP contribution is 2.13. The van der Waals surface area contributed by atoms with E-state index >= 15 is 0 Å². The van der Waals surface area contributed by atoms with E-state index in [9.17, 15) is 0 Å². The fourth-order valence-electron chi connectivity index (χ4n) is 3.05. The first kappa shape index (κ1) is 21.2. The summed E-state index contributed by atoms with van der Waals surface area (Å²) < 4.78 is 5.28. The van der Waals surface area contributed by atoms with Crippen molar-refractivity contribution in [1.82, 2.24) is 20.2 Å². The molecule has 1 saturated heterocycles. The minimum absolute atomic E-state index is 0. The lowest BCUT2D eigenvalue weighted by Crippen LogP contribution is -2.53. The standard InChI is InChI=1S/C19H26N6O.HI/c1-20-18(23-10-7-16-5-3-6-17(15-16)26-2)24-11-13-25(14-12-24)19-21-8-4-9-22-19;/h3-6,8-9,15H,7,10-14H2,1-2H3,(H,20,23);1H. The number of nitrogens with zero attached hydrogens (tertiary/aromatic N) is 5. The van der Waals surface area contributed by atoms with Crippen LogP contribution in [0.2, 0.25) is 0 Å². The fraction of sp³-hybridized carbons (Fsp3) is 0.421. The number of methoxy groups -OCH3 is 1. The molecule has 0 aliphatic carbocycles. The van der Waals surface area contributed by atoms with E-state index in [0.717, 1.165) is 56.8 Å². The summed E-state index contributed by atoms with van der Waals surface area (Å²) in [6.45, 7) is 4.41. The van der Waals surface area contributed by atoms with E-state index in [-0.39, 0.29) is 24.0 Å². The molecule has 0 atom stereocenters. The summed E-state index contributed by atoms with van der Waals surface area (Å²) in [6, 6.07) is 10.0. The molecule has 2 aromatic rings. The molecule has 1 aliphatic rings. The summed E-state index contributed by atoms with van der Waals surface area (Å²) >= 11 is 0. The minimum Gasteiger partial charge on any atom is -0.497 e. The number of guanidine groups is 1. The summed E-state index contributed by atoms with van der Waals surface area (Å²) in [5.41, 5.74) is 1.25. The van der Waals surface area contributed by atoms with Gasteiger partial charge in [0.05, 0.1) is 7.11 Å². The first-order chi connectivity index (χ1) is 12.8. The van der Waals surface area contributed by atoms with Crippen LogP contribution in [0.4, 0.5) is 5.95 Å². The van der Waals surface area contributed by atoms with Crippen molar-refractivity contribution in [3.8, 4) is 5.75 Å². The molecule has 0 spiro atoms. The molecule has 0 amide bonds. The molecule has 2 heterocycles. The number of piperazine rings is 1. The van der Waals surface area contributed by atoms with Crippen molar-refractivity contribution >= 4 is 35.9 Å². The molecule has 146 valence electrons. The number of benzene rings is 1. The second-order valence-corrected chi connectivity index (χ2v) is 6.10. The number of ether oxygens (including phenoxy) is 1. The monoisotopic (exact) mass is 482 g/mol. The van der Waals surface area contributed by atoms with Gasteiger partial charge in [-0.1, -0.05) is 12.1 Å². The van der Waals surface area contributed by atoms with Gasteiger partial charge in [-0.25, -0.2) is 9.97 Å². The van der Waals surface area contributed by atoms with Gasteiger partial charge in [0.2, 0.25) is 5.95 Å². The van der Waals surface area contributed by atoms with Gasteiger partial charge in [0.1, 0.15) is 5.75 Å². The Morgan fingerprint density at radius 3 is 2.56 bits per heavy atom. The van der Waals surface area contributed by atoms with Crippen molar-refractivity contribution in [2.75, 3.05) is 51.8 Å². The highest BCUT2D eigenvalue weighted by atomic mass is 127. The van der Waals surface area contributed by atoms with Gasteiger partial charge < -0.3 is 19.9 Å². The van der Waals surface area contributed by atoms with Crippen molar-refractivity contribution in [3.05, 3.63) is 48.3 Å². The lowest BCUT2D eigenvalue weighted by molar-refractivity contribution is 0.370. The second kappa shape index (κ2) is 10.9. The van der Waals surface area contributed by atoms with Crippen LogP contribution in [0.1, 0.15) is 5.56 Å². The third-order valence-corrected chi connectivity index (χ3v) is 4.46. The van der Waals surface area contributed by atoms with E-state index in [4.69, 9.17) is 4.74 Å². The molecule has 0 radical (unpaired) electrons. The van der Waals surface area contributed by atoms with Crippen LogP contribution < -0.4 is 15.0 Å². The van der Waals surface area contributed by atoms with E-state index in [1.54, 1.807) is 19.5 Å². The largest absolute Gasteiger partial charge is 0.497 e. The van der Waals surface area contributed by atoms with Gasteiger partial charge in [-0.2, -0.15) is 0 Å². The molecule has 1 aromatic heterocycles. The molecule has 27 heavy (non-hydrogen) atoms. The number of halogens is 1. The fourth-order valence-corrected chi connectivity index (χ4v) is 3.05. The Morgan fingerprint density at radius 1 is 1.15 bits per heavy atom. The van der Waals surface area contributed by atoms with Crippen molar-refractivity contribution in [2.24, 2.45) is 4.99 Å². The Bertz CT molecular complexity index is 719. The van der Waals surface area contributed by atoms with Crippen molar-refractivity contribution in [1.29, 1.82) is 0 Å². The summed E-state index contributed by atoms with van der Waals surface area (Å²) in [6.07, 6.45) is 4.50. The zero-order chi connectivity index (χ0) is 18.2. The minimum atomic E-state index is 0. The van der Waals surface area contributed by atoms with Gasteiger partial charge in [0.15, 0.2) is 5.96 Å². The zero-order valence-electron chi connectivity index (χ0n) is 15.8. The maximum atomic E-state index is 5.28. The lowest BCUT2D eigenvalue weighted by Gasteiger charge is -2.36. The summed E-state index contributed by atoms with van der Waals surface area (Å²) in [5, 5.41) is 3.47. The Balaban J connectivity index is 0.00000261. The molecule has 0 bridgehead atoms. The molecule has 8 heteroatoms. The lowest BCUT2D eigenvalue weighted by atomic mass is 10.1. The number of rotatable bonds is 5. The Hall–Kier alpha value is -2.10. The Kier molecular flexibility index (Phi) is 8.56. The summed E-state index contributed by atoms with van der Waals surface area (Å²) in [5.74, 6) is 2.64. The van der Waals surface area contributed by atoms with Gasteiger partial charge in [-0.15, -0.1) is 24.0 Å². The molecule has 1 N–H and O–H groups in total. The molecule has 1 aromatic carbocycles. The molecule has 0 saturated carbocycles. The number of hydrogen-bond donors (Lipinski definition) is 1. The second-order valence-electron chi connectivity index (χ2n) is 6.10. The topological polar surface area (TPSA) is 65.9 Å². The summed E-state index contributed by atoms with van der Waals surface area (Å²) in [4.78, 5) is 17.6. The zero-order valence-corrected chi connectivity index (χ0v) is 18.2. The first-order valence-corrected chi connectivity index (χ1v) is 8.90.